The summed E-state index contributed by atoms with van der Waals surface area (Å²) in [4.78, 5) is 15.7. The minimum absolute atomic E-state index is 0.0701. The summed E-state index contributed by atoms with van der Waals surface area (Å²) in [6.45, 7) is 0. The van der Waals surface area contributed by atoms with Gasteiger partial charge < -0.3 is 9.64 Å². The van der Waals surface area contributed by atoms with Crippen molar-refractivity contribution in [1.29, 1.82) is 0 Å². The Morgan fingerprint density at radius 1 is 0.760 bits per heavy atom. The van der Waals surface area contributed by atoms with Gasteiger partial charge in [-0.2, -0.15) is 0 Å². The van der Waals surface area contributed by atoms with Crippen LogP contribution in [0.2, 0.25) is 0 Å². The molecule has 3 heteroatoms. The van der Waals surface area contributed by atoms with E-state index in [1.54, 1.807) is 0 Å². The van der Waals surface area contributed by atoms with Crippen LogP contribution in [-0.2, 0) is 4.74 Å². The highest BCUT2D eigenvalue weighted by Crippen LogP contribution is 2.61. The maximum absolute atomic E-state index is 13.4. The summed E-state index contributed by atoms with van der Waals surface area (Å²) in [5, 5.41) is 0. The van der Waals surface area contributed by atoms with Gasteiger partial charge in [-0.15, -0.1) is 0 Å². The molecule has 140 valence electrons. The Kier molecular flexibility index (Phi) is 4.25. The summed E-state index contributed by atoms with van der Waals surface area (Å²) in [6.07, 6.45) is 19.1. The van der Waals surface area contributed by atoms with Gasteiger partial charge in [0.25, 0.3) is 0 Å². The summed E-state index contributed by atoms with van der Waals surface area (Å²) in [5.74, 6) is 2.58. The Morgan fingerprint density at radius 3 is 1.76 bits per heavy atom. The van der Waals surface area contributed by atoms with Crippen molar-refractivity contribution in [3.05, 3.63) is 0 Å². The quantitative estimate of drug-likeness (QED) is 0.659. The van der Waals surface area contributed by atoms with Gasteiger partial charge >= 0.3 is 6.09 Å². The summed E-state index contributed by atoms with van der Waals surface area (Å²) in [5.41, 5.74) is -0.0742. The summed E-state index contributed by atoms with van der Waals surface area (Å²) < 4.78 is 6.43. The molecule has 3 nitrogen and oxygen atoms in total. The first kappa shape index (κ1) is 16.4. The lowest BCUT2D eigenvalue weighted by Gasteiger charge is -2.44. The third-order valence-corrected chi connectivity index (χ3v) is 8.32. The smallest absolute Gasteiger partial charge is 0.410 e. The van der Waals surface area contributed by atoms with Gasteiger partial charge in [-0.1, -0.05) is 38.5 Å². The monoisotopic (exact) mass is 345 g/mol. The van der Waals surface area contributed by atoms with Gasteiger partial charge in [-0.05, 0) is 75.5 Å². The Bertz CT molecular complexity index is 469. The number of ether oxygens (including phenoxy) is 1. The Hall–Kier alpha value is -0.730. The molecule has 2 atom stereocenters. The molecule has 0 heterocycles. The average Bonchev–Trinajstić information content (AvgIpc) is 3.03. The zero-order valence-electron chi connectivity index (χ0n) is 15.8. The van der Waals surface area contributed by atoms with Gasteiger partial charge in [0.1, 0.15) is 5.60 Å². The number of nitrogens with zero attached hydrogens (tertiary/aromatic N) is 1. The fraction of sp³-hybridized carbons (Fsp3) is 0.955. The van der Waals surface area contributed by atoms with E-state index >= 15 is 0 Å². The molecule has 2 unspecified atom stereocenters. The Labute approximate surface area is 152 Å². The zero-order chi connectivity index (χ0) is 16.9. The molecule has 0 saturated heterocycles. The maximum atomic E-state index is 13.4. The van der Waals surface area contributed by atoms with Gasteiger partial charge in [-0.25, -0.2) is 4.79 Å². The van der Waals surface area contributed by atoms with Gasteiger partial charge in [-0.3, -0.25) is 0 Å². The zero-order valence-corrected chi connectivity index (χ0v) is 15.8. The van der Waals surface area contributed by atoms with E-state index in [0.717, 1.165) is 24.2 Å². The SMILES string of the molecule is O=C(OC12CC3CC(C1)C(C3)C2)N(C1CCCCC1)C1CCCCC1. The first-order valence-corrected chi connectivity index (χ1v) is 11.2. The van der Waals surface area contributed by atoms with Crippen molar-refractivity contribution in [3.63, 3.8) is 0 Å². The van der Waals surface area contributed by atoms with Gasteiger partial charge in [0.05, 0.1) is 0 Å². The Balaban J connectivity index is 1.32. The van der Waals surface area contributed by atoms with Crippen molar-refractivity contribution < 1.29 is 9.53 Å². The molecule has 0 aromatic carbocycles. The molecule has 0 aliphatic heterocycles. The van der Waals surface area contributed by atoms with Crippen LogP contribution in [0, 0.1) is 17.8 Å². The molecule has 1 amide bonds. The first-order valence-electron chi connectivity index (χ1n) is 11.2. The molecule has 6 saturated carbocycles. The predicted molar refractivity (Wildman–Crippen MR) is 98.4 cm³/mol. The van der Waals surface area contributed by atoms with Crippen molar-refractivity contribution >= 4 is 6.09 Å². The van der Waals surface area contributed by atoms with E-state index in [-0.39, 0.29) is 11.7 Å². The number of rotatable bonds is 3. The molecule has 25 heavy (non-hydrogen) atoms. The number of hydrogen-bond acceptors (Lipinski definition) is 2. The van der Waals surface area contributed by atoms with Crippen LogP contribution in [0.1, 0.15) is 96.3 Å². The third kappa shape index (κ3) is 3.00. The van der Waals surface area contributed by atoms with Gasteiger partial charge in [0.2, 0.25) is 0 Å². The number of amides is 1. The highest BCUT2D eigenvalue weighted by Gasteiger charge is 2.58. The van der Waals surface area contributed by atoms with Crippen molar-refractivity contribution in [2.45, 2.75) is 114 Å². The lowest BCUT2D eigenvalue weighted by molar-refractivity contribution is -0.0575. The Morgan fingerprint density at radius 2 is 1.28 bits per heavy atom. The van der Waals surface area contributed by atoms with Crippen LogP contribution in [0.5, 0.6) is 0 Å². The third-order valence-electron chi connectivity index (χ3n) is 8.32. The minimum atomic E-state index is -0.0742. The van der Waals surface area contributed by atoms with E-state index < -0.39 is 0 Å². The molecule has 0 radical (unpaired) electrons. The predicted octanol–water partition coefficient (Wildman–Crippen LogP) is 5.67. The number of hydrogen-bond donors (Lipinski definition) is 0. The minimum Gasteiger partial charge on any atom is -0.443 e. The molecule has 0 spiro atoms. The molecule has 6 aliphatic carbocycles. The fourth-order valence-corrected chi connectivity index (χ4v) is 7.41. The maximum Gasteiger partial charge on any atom is 0.410 e. The molecular formula is C22H35NO2. The van der Waals surface area contributed by atoms with E-state index in [4.69, 9.17) is 4.74 Å². The van der Waals surface area contributed by atoms with Crippen LogP contribution < -0.4 is 0 Å². The van der Waals surface area contributed by atoms with Crippen molar-refractivity contribution in [2.24, 2.45) is 17.8 Å². The van der Waals surface area contributed by atoms with E-state index in [2.05, 4.69) is 4.90 Å². The van der Waals surface area contributed by atoms with Crippen LogP contribution in [0.4, 0.5) is 4.79 Å². The van der Waals surface area contributed by atoms with E-state index in [1.165, 1.54) is 89.9 Å². The molecule has 6 fully saturated rings. The standard InChI is InChI=1S/C22H35NO2/c24-21(25-22-13-16-11-17(14-22)18(12-16)15-22)23(19-7-3-1-4-8-19)20-9-5-2-6-10-20/h16-20H,1-15H2. The molecule has 4 bridgehead atoms. The second-order valence-corrected chi connectivity index (χ2v) is 10.0. The molecule has 0 N–H and O–H groups in total. The molecule has 0 aromatic heterocycles. The summed E-state index contributed by atoms with van der Waals surface area (Å²) in [7, 11) is 0. The van der Waals surface area contributed by atoms with E-state index in [0.29, 0.717) is 12.1 Å². The van der Waals surface area contributed by atoms with Crippen LogP contribution >= 0.6 is 0 Å². The lowest BCUT2D eigenvalue weighted by atomic mass is 9.78. The number of carbonyl (C=O) groups excluding carboxylic acids is 1. The molecular weight excluding hydrogens is 310 g/mol. The van der Waals surface area contributed by atoms with Crippen LogP contribution in [0.3, 0.4) is 0 Å². The molecule has 6 aliphatic rings. The van der Waals surface area contributed by atoms with Crippen LogP contribution in [-0.4, -0.2) is 28.7 Å². The second kappa shape index (κ2) is 6.46. The van der Waals surface area contributed by atoms with E-state index in [1.807, 2.05) is 0 Å². The van der Waals surface area contributed by atoms with Crippen molar-refractivity contribution in [3.8, 4) is 0 Å². The van der Waals surface area contributed by atoms with Crippen molar-refractivity contribution in [2.75, 3.05) is 0 Å². The summed E-state index contributed by atoms with van der Waals surface area (Å²) in [6, 6.07) is 0.909. The normalized spacial score (nSPS) is 41.2. The first-order chi connectivity index (χ1) is 12.2. The lowest BCUT2D eigenvalue weighted by Crippen LogP contribution is -2.52. The highest BCUT2D eigenvalue weighted by molar-refractivity contribution is 5.69. The number of carbonyl (C=O) groups is 1. The highest BCUT2D eigenvalue weighted by atomic mass is 16.6. The average molecular weight is 346 g/mol. The van der Waals surface area contributed by atoms with Crippen molar-refractivity contribution in [1.82, 2.24) is 4.90 Å². The van der Waals surface area contributed by atoms with Crippen LogP contribution in [0.25, 0.3) is 0 Å². The second-order valence-electron chi connectivity index (χ2n) is 10.0. The summed E-state index contributed by atoms with van der Waals surface area (Å²) >= 11 is 0. The van der Waals surface area contributed by atoms with E-state index in [9.17, 15) is 4.79 Å². The van der Waals surface area contributed by atoms with Gasteiger partial charge in [0, 0.05) is 12.1 Å². The largest absolute Gasteiger partial charge is 0.443 e. The topological polar surface area (TPSA) is 29.5 Å². The van der Waals surface area contributed by atoms with Gasteiger partial charge in [0.15, 0.2) is 0 Å². The molecule has 0 aromatic rings. The fourth-order valence-electron chi connectivity index (χ4n) is 7.41. The molecule has 6 rings (SSSR count). The van der Waals surface area contributed by atoms with Crippen LogP contribution in [0.15, 0.2) is 0 Å².